The number of nitrogens with zero attached hydrogens (tertiary/aromatic N) is 1. The van der Waals surface area contributed by atoms with Crippen molar-refractivity contribution in [2.45, 2.75) is 40.2 Å². The Morgan fingerprint density at radius 3 is 2.71 bits per heavy atom. The summed E-state index contributed by atoms with van der Waals surface area (Å²) in [7, 11) is 0. The number of ether oxygens (including phenoxy) is 1. The van der Waals surface area contributed by atoms with E-state index in [9.17, 15) is 4.79 Å². The molecule has 0 bridgehead atoms. The minimum absolute atomic E-state index is 0.0283. The number of rotatable bonds is 5. The van der Waals surface area contributed by atoms with E-state index in [1.54, 1.807) is 5.38 Å². The Bertz CT molecular complexity index is 381. The summed E-state index contributed by atoms with van der Waals surface area (Å²) < 4.78 is 5.71. The second kappa shape index (κ2) is 5.60. The standard InChI is InChI=1S/C12H19NO3S/c1-5-16-10(12(2,3)4)11-13-8(7-17-11)6-9(14)15/h7,10H,5-6H2,1-4H3,(H,14,15). The van der Waals surface area contributed by atoms with Gasteiger partial charge in [0, 0.05) is 12.0 Å². The predicted molar refractivity (Wildman–Crippen MR) is 67.3 cm³/mol. The number of carbonyl (C=O) groups is 1. The summed E-state index contributed by atoms with van der Waals surface area (Å²) in [6, 6.07) is 0. The lowest BCUT2D eigenvalue weighted by atomic mass is 9.89. The molecule has 1 unspecified atom stereocenters. The molecule has 1 heterocycles. The van der Waals surface area contributed by atoms with Gasteiger partial charge in [-0.1, -0.05) is 20.8 Å². The van der Waals surface area contributed by atoms with E-state index in [1.807, 2.05) is 6.92 Å². The van der Waals surface area contributed by atoms with Crippen LogP contribution in [0.4, 0.5) is 0 Å². The summed E-state index contributed by atoms with van der Waals surface area (Å²) in [5.74, 6) is -0.856. The Labute approximate surface area is 106 Å². The second-order valence-corrected chi connectivity index (χ2v) is 5.84. The van der Waals surface area contributed by atoms with E-state index in [1.165, 1.54) is 11.3 Å². The summed E-state index contributed by atoms with van der Waals surface area (Å²) in [6.45, 7) is 8.84. The fourth-order valence-electron chi connectivity index (χ4n) is 1.54. The van der Waals surface area contributed by atoms with E-state index in [0.29, 0.717) is 12.3 Å². The summed E-state index contributed by atoms with van der Waals surface area (Å²) in [5, 5.41) is 11.4. The smallest absolute Gasteiger partial charge is 0.309 e. The molecule has 4 nitrogen and oxygen atoms in total. The van der Waals surface area contributed by atoms with Gasteiger partial charge in [-0.3, -0.25) is 4.79 Å². The first kappa shape index (κ1) is 14.1. The maximum Gasteiger partial charge on any atom is 0.309 e. The Kier molecular flexibility index (Phi) is 4.65. The van der Waals surface area contributed by atoms with Crippen LogP contribution >= 0.6 is 11.3 Å². The number of aliphatic carboxylic acids is 1. The molecule has 0 saturated carbocycles. The van der Waals surface area contributed by atoms with Gasteiger partial charge in [0.1, 0.15) is 11.1 Å². The van der Waals surface area contributed by atoms with Gasteiger partial charge < -0.3 is 9.84 Å². The molecule has 96 valence electrons. The van der Waals surface area contributed by atoms with Crippen molar-refractivity contribution in [1.82, 2.24) is 4.98 Å². The monoisotopic (exact) mass is 257 g/mol. The maximum atomic E-state index is 10.6. The fraction of sp³-hybridized carbons (Fsp3) is 0.667. The van der Waals surface area contributed by atoms with E-state index < -0.39 is 5.97 Å². The van der Waals surface area contributed by atoms with Crippen molar-refractivity contribution in [1.29, 1.82) is 0 Å². The highest BCUT2D eigenvalue weighted by molar-refractivity contribution is 7.09. The number of carboxylic acids is 1. The molecule has 0 spiro atoms. The third kappa shape index (κ3) is 4.09. The van der Waals surface area contributed by atoms with E-state index in [4.69, 9.17) is 9.84 Å². The van der Waals surface area contributed by atoms with Gasteiger partial charge in [-0.15, -0.1) is 11.3 Å². The lowest BCUT2D eigenvalue weighted by molar-refractivity contribution is -0.136. The van der Waals surface area contributed by atoms with Crippen LogP contribution in [-0.2, 0) is 16.0 Å². The average Bonchev–Trinajstić information content (AvgIpc) is 2.59. The fourth-order valence-corrected chi connectivity index (χ4v) is 2.65. The molecule has 0 aliphatic rings. The number of thiazole rings is 1. The summed E-state index contributed by atoms with van der Waals surface area (Å²) in [6.07, 6.45) is -0.112. The van der Waals surface area contributed by atoms with Crippen LogP contribution in [0, 0.1) is 5.41 Å². The Morgan fingerprint density at radius 2 is 2.24 bits per heavy atom. The largest absolute Gasteiger partial charge is 0.481 e. The summed E-state index contributed by atoms with van der Waals surface area (Å²) >= 11 is 1.47. The minimum Gasteiger partial charge on any atom is -0.481 e. The van der Waals surface area contributed by atoms with Crippen molar-refractivity contribution >= 4 is 17.3 Å². The van der Waals surface area contributed by atoms with Crippen LogP contribution in [0.1, 0.15) is 44.5 Å². The predicted octanol–water partition coefficient (Wildman–Crippen LogP) is 2.89. The first-order valence-corrected chi connectivity index (χ1v) is 6.50. The van der Waals surface area contributed by atoms with Crippen molar-refractivity contribution < 1.29 is 14.6 Å². The van der Waals surface area contributed by atoms with Crippen molar-refractivity contribution in [3.63, 3.8) is 0 Å². The normalized spacial score (nSPS) is 13.6. The number of hydrogen-bond donors (Lipinski definition) is 1. The molecule has 0 aliphatic carbocycles. The zero-order valence-corrected chi connectivity index (χ0v) is 11.5. The molecular weight excluding hydrogens is 238 g/mol. The van der Waals surface area contributed by atoms with Crippen molar-refractivity contribution in [3.05, 3.63) is 16.1 Å². The van der Waals surface area contributed by atoms with E-state index >= 15 is 0 Å². The molecule has 0 fully saturated rings. The van der Waals surface area contributed by atoms with Crippen LogP contribution in [-0.4, -0.2) is 22.7 Å². The van der Waals surface area contributed by atoms with Gasteiger partial charge in [0.15, 0.2) is 0 Å². The van der Waals surface area contributed by atoms with Gasteiger partial charge in [0.05, 0.1) is 12.1 Å². The van der Waals surface area contributed by atoms with Crippen LogP contribution in [0.25, 0.3) is 0 Å². The average molecular weight is 257 g/mol. The SMILES string of the molecule is CCOC(c1nc(CC(=O)O)cs1)C(C)(C)C. The molecule has 1 rings (SSSR count). The van der Waals surface area contributed by atoms with Crippen LogP contribution in [0.15, 0.2) is 5.38 Å². The zero-order chi connectivity index (χ0) is 13.1. The highest BCUT2D eigenvalue weighted by atomic mass is 32.1. The Morgan fingerprint density at radius 1 is 1.59 bits per heavy atom. The van der Waals surface area contributed by atoms with Gasteiger partial charge in [0.25, 0.3) is 0 Å². The Hall–Kier alpha value is -0.940. The van der Waals surface area contributed by atoms with Gasteiger partial charge in [-0.2, -0.15) is 0 Å². The molecular formula is C12H19NO3S. The maximum absolute atomic E-state index is 10.6. The van der Waals surface area contributed by atoms with Crippen molar-refractivity contribution in [2.75, 3.05) is 6.61 Å². The summed E-state index contributed by atoms with van der Waals surface area (Å²) in [4.78, 5) is 15.0. The number of aromatic nitrogens is 1. The van der Waals surface area contributed by atoms with Crippen LogP contribution in [0.5, 0.6) is 0 Å². The Balaban J connectivity index is 2.88. The van der Waals surface area contributed by atoms with E-state index in [-0.39, 0.29) is 17.9 Å². The molecule has 1 atom stereocenters. The van der Waals surface area contributed by atoms with E-state index in [2.05, 4.69) is 25.8 Å². The van der Waals surface area contributed by atoms with Gasteiger partial charge >= 0.3 is 5.97 Å². The molecule has 1 N–H and O–H groups in total. The third-order valence-corrected chi connectivity index (χ3v) is 3.18. The molecule has 1 aromatic rings. The zero-order valence-electron chi connectivity index (χ0n) is 10.7. The van der Waals surface area contributed by atoms with Crippen molar-refractivity contribution in [3.8, 4) is 0 Å². The van der Waals surface area contributed by atoms with Crippen LogP contribution in [0.2, 0.25) is 0 Å². The first-order chi connectivity index (χ1) is 7.84. The molecule has 0 aliphatic heterocycles. The van der Waals surface area contributed by atoms with Gasteiger partial charge in [-0.05, 0) is 12.3 Å². The topological polar surface area (TPSA) is 59.4 Å². The van der Waals surface area contributed by atoms with Gasteiger partial charge in [-0.25, -0.2) is 4.98 Å². The molecule has 17 heavy (non-hydrogen) atoms. The summed E-state index contributed by atoms with van der Waals surface area (Å²) in [5.41, 5.74) is 0.556. The molecule has 0 saturated heterocycles. The molecule has 0 amide bonds. The quantitative estimate of drug-likeness (QED) is 0.881. The molecule has 0 radical (unpaired) electrons. The number of carboxylic acid groups (broad SMARTS) is 1. The van der Waals surface area contributed by atoms with Crippen LogP contribution in [0.3, 0.4) is 0 Å². The number of hydrogen-bond acceptors (Lipinski definition) is 4. The minimum atomic E-state index is -0.856. The highest BCUT2D eigenvalue weighted by Gasteiger charge is 2.29. The molecule has 5 heteroatoms. The first-order valence-electron chi connectivity index (χ1n) is 5.62. The lowest BCUT2D eigenvalue weighted by Gasteiger charge is -2.28. The van der Waals surface area contributed by atoms with Gasteiger partial charge in [0.2, 0.25) is 0 Å². The lowest BCUT2D eigenvalue weighted by Crippen LogP contribution is -2.21. The van der Waals surface area contributed by atoms with Crippen molar-refractivity contribution in [2.24, 2.45) is 5.41 Å². The molecule has 0 aromatic carbocycles. The second-order valence-electron chi connectivity index (χ2n) is 4.95. The van der Waals surface area contributed by atoms with E-state index in [0.717, 1.165) is 5.01 Å². The van der Waals surface area contributed by atoms with Crippen LogP contribution < -0.4 is 0 Å². The highest BCUT2D eigenvalue weighted by Crippen LogP contribution is 2.37. The third-order valence-electron chi connectivity index (χ3n) is 2.25. The molecule has 1 aromatic heterocycles.